The maximum Gasteiger partial charge on any atom is 0.253 e. The molecule has 0 radical (unpaired) electrons. The van der Waals surface area contributed by atoms with Crippen molar-refractivity contribution in [2.45, 2.75) is 39.2 Å². The van der Waals surface area contributed by atoms with Crippen molar-refractivity contribution in [3.05, 3.63) is 30.1 Å². The molecule has 0 atom stereocenters. The Kier molecular flexibility index (Phi) is 4.96. The number of hydrogen-bond donors (Lipinski definition) is 2. The van der Waals surface area contributed by atoms with Gasteiger partial charge in [-0.3, -0.25) is 4.79 Å². The first-order chi connectivity index (χ1) is 11.1. The number of rotatable bonds is 5. The van der Waals surface area contributed by atoms with Crippen LogP contribution in [0.1, 0.15) is 43.5 Å². The molecule has 5 nitrogen and oxygen atoms in total. The number of carbonyl (C=O) groups excluding carboxylic acids is 1. The number of amides is 1. The Labute approximate surface area is 137 Å². The number of imidazole rings is 1. The van der Waals surface area contributed by atoms with Crippen LogP contribution in [0.3, 0.4) is 0 Å². The van der Waals surface area contributed by atoms with Crippen LogP contribution in [0.15, 0.2) is 24.5 Å². The molecule has 1 saturated heterocycles. The second-order valence-corrected chi connectivity index (χ2v) is 6.88. The molecule has 1 amide bonds. The predicted octanol–water partition coefficient (Wildman–Crippen LogP) is 2.80. The first-order valence-corrected chi connectivity index (χ1v) is 8.59. The van der Waals surface area contributed by atoms with Gasteiger partial charge >= 0.3 is 0 Å². The lowest BCUT2D eigenvalue weighted by atomic mass is 10.0. The molecule has 0 bridgehead atoms. The number of hydrogen-bond acceptors (Lipinski definition) is 3. The number of para-hydroxylation sites is 1. The van der Waals surface area contributed by atoms with Crippen LogP contribution >= 0.6 is 0 Å². The number of fused-ring (bicyclic) bond motifs is 1. The predicted molar refractivity (Wildman–Crippen MR) is 92.5 cm³/mol. The SMILES string of the molecule is CC(C)CCN1CCC(NC(=O)c2cccc3[nH]cnc23)CC1. The van der Waals surface area contributed by atoms with Gasteiger partial charge in [0, 0.05) is 19.1 Å². The molecule has 23 heavy (non-hydrogen) atoms. The minimum Gasteiger partial charge on any atom is -0.349 e. The van der Waals surface area contributed by atoms with Crippen LogP contribution in [0.2, 0.25) is 0 Å². The zero-order valence-electron chi connectivity index (χ0n) is 14.0. The smallest absolute Gasteiger partial charge is 0.253 e. The van der Waals surface area contributed by atoms with Crippen molar-refractivity contribution in [2.75, 3.05) is 19.6 Å². The number of likely N-dealkylation sites (tertiary alicyclic amines) is 1. The zero-order valence-corrected chi connectivity index (χ0v) is 14.0. The van der Waals surface area contributed by atoms with Crippen molar-refractivity contribution in [3.63, 3.8) is 0 Å². The summed E-state index contributed by atoms with van der Waals surface area (Å²) < 4.78 is 0. The van der Waals surface area contributed by atoms with E-state index in [-0.39, 0.29) is 11.9 Å². The fourth-order valence-electron chi connectivity index (χ4n) is 3.15. The number of carbonyl (C=O) groups is 1. The van der Waals surface area contributed by atoms with Gasteiger partial charge in [-0.2, -0.15) is 0 Å². The highest BCUT2D eigenvalue weighted by Gasteiger charge is 2.22. The van der Waals surface area contributed by atoms with Gasteiger partial charge in [-0.1, -0.05) is 19.9 Å². The summed E-state index contributed by atoms with van der Waals surface area (Å²) in [6.07, 6.45) is 4.94. The van der Waals surface area contributed by atoms with Gasteiger partial charge in [0.15, 0.2) is 0 Å². The van der Waals surface area contributed by atoms with Crippen LogP contribution < -0.4 is 5.32 Å². The van der Waals surface area contributed by atoms with E-state index in [4.69, 9.17) is 0 Å². The third-order valence-corrected chi connectivity index (χ3v) is 4.64. The standard InChI is InChI=1S/C18H26N4O/c1-13(2)6-9-22-10-7-14(8-11-22)21-18(23)15-4-3-5-16-17(15)20-12-19-16/h3-5,12-14H,6-11H2,1-2H3,(H,19,20)(H,21,23). The molecule has 1 aromatic heterocycles. The zero-order chi connectivity index (χ0) is 16.2. The average Bonchev–Trinajstić information content (AvgIpc) is 3.02. The number of aromatic amines is 1. The Hall–Kier alpha value is -1.88. The molecule has 2 N–H and O–H groups in total. The lowest BCUT2D eigenvalue weighted by molar-refractivity contribution is 0.0911. The van der Waals surface area contributed by atoms with Crippen molar-refractivity contribution in [1.29, 1.82) is 0 Å². The Morgan fingerprint density at radius 2 is 2.17 bits per heavy atom. The third-order valence-electron chi connectivity index (χ3n) is 4.64. The molecule has 2 heterocycles. The summed E-state index contributed by atoms with van der Waals surface area (Å²) in [5.41, 5.74) is 2.31. The Balaban J connectivity index is 1.54. The highest BCUT2D eigenvalue weighted by atomic mass is 16.1. The van der Waals surface area contributed by atoms with Crippen LogP contribution in [0.4, 0.5) is 0 Å². The largest absolute Gasteiger partial charge is 0.349 e. The van der Waals surface area contributed by atoms with Crippen LogP contribution in [-0.2, 0) is 0 Å². The maximum atomic E-state index is 12.5. The minimum absolute atomic E-state index is 0.0108. The minimum atomic E-state index is -0.0108. The van der Waals surface area contributed by atoms with Gasteiger partial charge in [0.05, 0.1) is 17.4 Å². The summed E-state index contributed by atoms with van der Waals surface area (Å²) >= 11 is 0. The molecule has 1 fully saturated rings. The van der Waals surface area contributed by atoms with Crippen molar-refractivity contribution < 1.29 is 4.79 Å². The highest BCUT2D eigenvalue weighted by Crippen LogP contribution is 2.17. The normalized spacial score (nSPS) is 17.0. The van der Waals surface area contributed by atoms with Crippen molar-refractivity contribution in [2.24, 2.45) is 5.92 Å². The first-order valence-electron chi connectivity index (χ1n) is 8.59. The summed E-state index contributed by atoms with van der Waals surface area (Å²) in [5.74, 6) is 0.741. The molecule has 5 heteroatoms. The summed E-state index contributed by atoms with van der Waals surface area (Å²) in [7, 11) is 0. The molecule has 1 aromatic carbocycles. The van der Waals surface area contributed by atoms with Crippen LogP contribution in [0.5, 0.6) is 0 Å². The van der Waals surface area contributed by atoms with Gasteiger partial charge in [0.2, 0.25) is 0 Å². The summed E-state index contributed by atoms with van der Waals surface area (Å²) in [5, 5.41) is 3.18. The van der Waals surface area contributed by atoms with E-state index in [9.17, 15) is 4.79 Å². The Morgan fingerprint density at radius 3 is 2.91 bits per heavy atom. The van der Waals surface area contributed by atoms with Crippen molar-refractivity contribution >= 4 is 16.9 Å². The molecule has 3 rings (SSSR count). The highest BCUT2D eigenvalue weighted by molar-refractivity contribution is 6.04. The number of nitrogens with one attached hydrogen (secondary N) is 2. The second-order valence-electron chi connectivity index (χ2n) is 6.88. The van der Waals surface area contributed by atoms with E-state index in [0.29, 0.717) is 5.56 Å². The van der Waals surface area contributed by atoms with E-state index in [2.05, 4.69) is 34.0 Å². The molecular formula is C18H26N4O. The summed E-state index contributed by atoms with van der Waals surface area (Å²) in [4.78, 5) is 22.4. The third kappa shape index (κ3) is 3.91. The molecule has 1 aliphatic rings. The Bertz CT molecular complexity index is 656. The number of nitrogens with zero attached hydrogens (tertiary/aromatic N) is 2. The second kappa shape index (κ2) is 7.13. The molecule has 124 valence electrons. The van der Waals surface area contributed by atoms with Crippen molar-refractivity contribution in [3.8, 4) is 0 Å². The molecule has 0 aliphatic carbocycles. The van der Waals surface area contributed by atoms with E-state index in [1.54, 1.807) is 6.33 Å². The van der Waals surface area contributed by atoms with Gasteiger partial charge in [-0.25, -0.2) is 4.98 Å². The first kappa shape index (κ1) is 16.0. The number of benzene rings is 1. The average molecular weight is 314 g/mol. The number of H-pyrrole nitrogens is 1. The van der Waals surface area contributed by atoms with Gasteiger partial charge in [0.1, 0.15) is 5.52 Å². The topological polar surface area (TPSA) is 61.0 Å². The number of aromatic nitrogens is 2. The van der Waals surface area contributed by atoms with Gasteiger partial charge < -0.3 is 15.2 Å². The quantitative estimate of drug-likeness (QED) is 0.892. The molecular weight excluding hydrogens is 288 g/mol. The molecule has 0 unspecified atom stereocenters. The molecule has 2 aromatic rings. The maximum absolute atomic E-state index is 12.5. The molecule has 0 saturated carbocycles. The van der Waals surface area contributed by atoms with Crippen LogP contribution in [0, 0.1) is 5.92 Å². The van der Waals surface area contributed by atoms with Gasteiger partial charge in [0.25, 0.3) is 5.91 Å². The van der Waals surface area contributed by atoms with Crippen LogP contribution in [-0.4, -0.2) is 46.5 Å². The fourth-order valence-corrected chi connectivity index (χ4v) is 3.15. The lowest BCUT2D eigenvalue weighted by Gasteiger charge is -2.32. The van der Waals surface area contributed by atoms with E-state index < -0.39 is 0 Å². The van der Waals surface area contributed by atoms with Crippen LogP contribution in [0.25, 0.3) is 11.0 Å². The molecule has 1 aliphatic heterocycles. The fraction of sp³-hybridized carbons (Fsp3) is 0.556. The van der Waals surface area contributed by atoms with Gasteiger partial charge in [-0.05, 0) is 43.9 Å². The summed E-state index contributed by atoms with van der Waals surface area (Å²) in [6, 6.07) is 5.94. The monoisotopic (exact) mass is 314 g/mol. The van der Waals surface area contributed by atoms with E-state index >= 15 is 0 Å². The number of piperidine rings is 1. The Morgan fingerprint density at radius 1 is 1.39 bits per heavy atom. The van der Waals surface area contributed by atoms with E-state index in [0.717, 1.165) is 42.9 Å². The lowest BCUT2D eigenvalue weighted by Crippen LogP contribution is -2.45. The summed E-state index contributed by atoms with van der Waals surface area (Å²) in [6.45, 7) is 7.85. The van der Waals surface area contributed by atoms with E-state index in [1.807, 2.05) is 18.2 Å². The van der Waals surface area contributed by atoms with Crippen molar-refractivity contribution in [1.82, 2.24) is 20.2 Å². The van der Waals surface area contributed by atoms with E-state index in [1.165, 1.54) is 13.0 Å². The molecule has 0 spiro atoms. The van der Waals surface area contributed by atoms with Gasteiger partial charge in [-0.15, -0.1) is 0 Å².